The van der Waals surface area contributed by atoms with E-state index in [0.29, 0.717) is 23.2 Å². The summed E-state index contributed by atoms with van der Waals surface area (Å²) in [6.45, 7) is 2.31. The minimum Gasteiger partial charge on any atom is -0.490 e. The van der Waals surface area contributed by atoms with Crippen molar-refractivity contribution < 1.29 is 4.74 Å². The fraction of sp³-hybridized carbons (Fsp3) is 0.462. The van der Waals surface area contributed by atoms with Gasteiger partial charge in [0.2, 0.25) is 0 Å². The second-order valence-corrected chi connectivity index (χ2v) is 9.78. The number of hydrogen-bond acceptors (Lipinski definition) is 5. The van der Waals surface area contributed by atoms with Gasteiger partial charge in [0.1, 0.15) is 17.2 Å². The van der Waals surface area contributed by atoms with E-state index in [1.807, 2.05) is 24.3 Å². The molecule has 2 fully saturated rings. The molecule has 1 saturated heterocycles. The lowest BCUT2D eigenvalue weighted by Crippen LogP contribution is -2.37. The molecular formula is C26H31N5O. The van der Waals surface area contributed by atoms with Gasteiger partial charge in [0.25, 0.3) is 0 Å². The average Bonchev–Trinajstić information content (AvgIpc) is 3.57. The minimum absolute atomic E-state index is 0.393. The first-order chi connectivity index (χ1) is 15.6. The van der Waals surface area contributed by atoms with Crippen molar-refractivity contribution in [3.63, 3.8) is 0 Å². The second kappa shape index (κ2) is 7.62. The molecule has 3 heterocycles. The van der Waals surface area contributed by atoms with E-state index >= 15 is 0 Å². The van der Waals surface area contributed by atoms with Crippen LogP contribution in [0.3, 0.4) is 0 Å². The highest BCUT2D eigenvalue weighted by Gasteiger charge is 2.34. The van der Waals surface area contributed by atoms with E-state index in [-0.39, 0.29) is 0 Å². The molecule has 6 heteroatoms. The summed E-state index contributed by atoms with van der Waals surface area (Å²) in [5, 5.41) is 4.44. The van der Waals surface area contributed by atoms with Crippen LogP contribution in [0.5, 0.6) is 5.75 Å². The number of nitrogen functional groups attached to an aromatic ring is 1. The molecule has 1 saturated carbocycles. The Balaban J connectivity index is 1.31. The quantitative estimate of drug-likeness (QED) is 0.629. The first-order valence-electron chi connectivity index (χ1n) is 11.9. The van der Waals surface area contributed by atoms with Gasteiger partial charge in [-0.15, -0.1) is 0 Å². The maximum Gasteiger partial charge on any atom is 0.163 e. The molecule has 1 spiro atoms. The first kappa shape index (κ1) is 19.8. The molecule has 1 aliphatic heterocycles. The van der Waals surface area contributed by atoms with E-state index in [0.717, 1.165) is 54.7 Å². The van der Waals surface area contributed by atoms with Gasteiger partial charge in [-0.1, -0.05) is 6.08 Å². The van der Waals surface area contributed by atoms with Gasteiger partial charge < -0.3 is 20.4 Å². The lowest BCUT2D eigenvalue weighted by molar-refractivity contribution is 0.184. The summed E-state index contributed by atoms with van der Waals surface area (Å²) in [6, 6.07) is 10.2. The molecule has 6 rings (SSSR count). The molecule has 0 unspecified atom stereocenters. The monoisotopic (exact) mass is 429 g/mol. The number of aromatic nitrogens is 3. The molecule has 0 radical (unpaired) electrons. The van der Waals surface area contributed by atoms with Gasteiger partial charge >= 0.3 is 0 Å². The van der Waals surface area contributed by atoms with E-state index < -0.39 is 0 Å². The van der Waals surface area contributed by atoms with Crippen molar-refractivity contribution in [3.8, 4) is 17.1 Å². The summed E-state index contributed by atoms with van der Waals surface area (Å²) >= 11 is 0. The summed E-state index contributed by atoms with van der Waals surface area (Å²) in [5.41, 5.74) is 11.4. The van der Waals surface area contributed by atoms with Gasteiger partial charge in [-0.2, -0.15) is 0 Å². The van der Waals surface area contributed by atoms with Crippen LogP contribution in [0.4, 0.5) is 5.82 Å². The summed E-state index contributed by atoms with van der Waals surface area (Å²) in [4.78, 5) is 9.53. The third-order valence-electron chi connectivity index (χ3n) is 7.55. The summed E-state index contributed by atoms with van der Waals surface area (Å²) in [6.07, 6.45) is 11.3. The summed E-state index contributed by atoms with van der Waals surface area (Å²) in [7, 11) is 2.09. The van der Waals surface area contributed by atoms with Crippen LogP contribution in [-0.4, -0.2) is 33.7 Å². The van der Waals surface area contributed by atoms with E-state index in [2.05, 4.69) is 34.1 Å². The number of fused-ring (bicyclic) bond motifs is 1. The molecule has 3 aliphatic rings. The first-order valence-corrected chi connectivity index (χ1v) is 11.9. The van der Waals surface area contributed by atoms with Crippen LogP contribution in [-0.2, 0) is 7.05 Å². The SMILES string of the molecule is Cn1c(C2=CCC3(CCNCC3)CC2)cc2c(N)nc(-c3ccc(OC4CC4)cc3)nc21. The number of ether oxygens (including phenoxy) is 1. The lowest BCUT2D eigenvalue weighted by atomic mass is 9.69. The highest BCUT2D eigenvalue weighted by molar-refractivity contribution is 5.91. The zero-order chi connectivity index (χ0) is 21.7. The van der Waals surface area contributed by atoms with Crippen molar-refractivity contribution in [2.45, 2.75) is 51.0 Å². The Hall–Kier alpha value is -2.86. The molecule has 166 valence electrons. The van der Waals surface area contributed by atoms with Crippen LogP contribution < -0.4 is 15.8 Å². The predicted molar refractivity (Wildman–Crippen MR) is 128 cm³/mol. The molecule has 0 atom stereocenters. The Morgan fingerprint density at radius 3 is 2.56 bits per heavy atom. The van der Waals surface area contributed by atoms with Crippen molar-refractivity contribution in [2.75, 3.05) is 18.8 Å². The largest absolute Gasteiger partial charge is 0.490 e. The number of nitrogens with one attached hydrogen (secondary N) is 1. The predicted octanol–water partition coefficient (Wildman–Crippen LogP) is 4.70. The number of hydrogen-bond donors (Lipinski definition) is 2. The number of benzene rings is 1. The fourth-order valence-electron chi connectivity index (χ4n) is 5.30. The third kappa shape index (κ3) is 3.56. The Kier molecular flexibility index (Phi) is 4.72. The average molecular weight is 430 g/mol. The molecule has 6 nitrogen and oxygen atoms in total. The number of piperidine rings is 1. The fourth-order valence-corrected chi connectivity index (χ4v) is 5.30. The number of aryl methyl sites for hydroxylation is 1. The Morgan fingerprint density at radius 2 is 1.88 bits per heavy atom. The van der Waals surface area contributed by atoms with E-state index in [9.17, 15) is 0 Å². The van der Waals surface area contributed by atoms with Gasteiger partial charge in [0.05, 0.1) is 11.5 Å². The van der Waals surface area contributed by atoms with Gasteiger partial charge in [-0.25, -0.2) is 9.97 Å². The van der Waals surface area contributed by atoms with Crippen LogP contribution >= 0.6 is 0 Å². The molecule has 3 aromatic rings. The normalized spacial score (nSPS) is 20.5. The topological polar surface area (TPSA) is 78.0 Å². The number of anilines is 1. The van der Waals surface area contributed by atoms with Gasteiger partial charge in [-0.05, 0) is 99.4 Å². The standard InChI is InChI=1S/C26H31N5O/c1-31-22(17-8-10-26(11-9-17)12-14-28-15-13-26)16-21-23(27)29-24(30-25(21)31)18-2-4-19(5-3-18)32-20-6-7-20/h2-5,8,16,20,28H,6-7,9-15H2,1H3,(H2,27,29,30). The molecule has 32 heavy (non-hydrogen) atoms. The lowest BCUT2D eigenvalue weighted by Gasteiger charge is -2.40. The zero-order valence-electron chi connectivity index (χ0n) is 18.7. The summed E-state index contributed by atoms with van der Waals surface area (Å²) < 4.78 is 8.05. The number of rotatable bonds is 4. The smallest absolute Gasteiger partial charge is 0.163 e. The number of nitrogens with zero attached hydrogens (tertiary/aromatic N) is 3. The van der Waals surface area contributed by atoms with Crippen LogP contribution in [0.1, 0.15) is 50.6 Å². The van der Waals surface area contributed by atoms with E-state index in [4.69, 9.17) is 15.5 Å². The van der Waals surface area contributed by atoms with Crippen LogP contribution in [0, 0.1) is 5.41 Å². The van der Waals surface area contributed by atoms with Crippen molar-refractivity contribution in [1.29, 1.82) is 0 Å². The van der Waals surface area contributed by atoms with Crippen molar-refractivity contribution in [3.05, 3.63) is 42.1 Å². The molecule has 1 aromatic carbocycles. The molecule has 2 aromatic heterocycles. The number of allylic oxidation sites excluding steroid dienone is 2. The maximum atomic E-state index is 6.41. The van der Waals surface area contributed by atoms with Crippen LogP contribution in [0.2, 0.25) is 0 Å². The Morgan fingerprint density at radius 1 is 1.09 bits per heavy atom. The van der Waals surface area contributed by atoms with Crippen LogP contribution in [0.25, 0.3) is 28.0 Å². The Labute approximate surface area is 188 Å². The van der Waals surface area contributed by atoms with Gasteiger partial charge in [0.15, 0.2) is 5.82 Å². The van der Waals surface area contributed by atoms with Crippen molar-refractivity contribution in [2.24, 2.45) is 12.5 Å². The highest BCUT2D eigenvalue weighted by atomic mass is 16.5. The van der Waals surface area contributed by atoms with Crippen molar-refractivity contribution >= 4 is 22.4 Å². The molecule has 3 N–H and O–H groups in total. The Bertz CT molecular complexity index is 1180. The van der Waals surface area contributed by atoms with Crippen LogP contribution in [0.15, 0.2) is 36.4 Å². The maximum absolute atomic E-state index is 6.41. The second-order valence-electron chi connectivity index (χ2n) is 9.78. The third-order valence-corrected chi connectivity index (χ3v) is 7.55. The zero-order valence-corrected chi connectivity index (χ0v) is 18.7. The molecule has 2 aliphatic carbocycles. The molecular weight excluding hydrogens is 398 g/mol. The van der Waals surface area contributed by atoms with E-state index in [1.165, 1.54) is 37.0 Å². The van der Waals surface area contributed by atoms with Gasteiger partial charge in [-0.3, -0.25) is 0 Å². The van der Waals surface area contributed by atoms with E-state index in [1.54, 1.807) is 0 Å². The summed E-state index contributed by atoms with van der Waals surface area (Å²) in [5.74, 6) is 2.10. The molecule has 0 amide bonds. The van der Waals surface area contributed by atoms with Crippen molar-refractivity contribution in [1.82, 2.24) is 19.9 Å². The minimum atomic E-state index is 0.393. The highest BCUT2D eigenvalue weighted by Crippen LogP contribution is 2.45. The number of nitrogens with two attached hydrogens (primary N) is 1. The van der Waals surface area contributed by atoms with Gasteiger partial charge in [0, 0.05) is 18.3 Å². The molecule has 0 bridgehead atoms.